The molecule has 3 aromatic carbocycles. The first-order valence-corrected chi connectivity index (χ1v) is 10.4. The van der Waals surface area contributed by atoms with E-state index in [4.69, 9.17) is 4.42 Å². The highest BCUT2D eigenvalue weighted by molar-refractivity contribution is 7.91. The van der Waals surface area contributed by atoms with Crippen LogP contribution in [0.15, 0.2) is 98.1 Å². The van der Waals surface area contributed by atoms with Gasteiger partial charge in [0, 0.05) is 5.39 Å². The molecule has 0 unspecified atom stereocenters. The summed E-state index contributed by atoms with van der Waals surface area (Å²) in [5.41, 5.74) is 3.52. The molecule has 5 heteroatoms. The van der Waals surface area contributed by atoms with Crippen molar-refractivity contribution in [3.05, 3.63) is 95.5 Å². The number of aryl methyl sites for hydroxylation is 2. The van der Waals surface area contributed by atoms with E-state index < -0.39 is 9.84 Å². The van der Waals surface area contributed by atoms with Gasteiger partial charge >= 0.3 is 0 Å². The maximum atomic E-state index is 13.3. The van der Waals surface area contributed by atoms with E-state index >= 15 is 0 Å². The molecule has 0 fully saturated rings. The molecular weight excluding hydrogens is 370 g/mol. The fourth-order valence-corrected chi connectivity index (χ4v) is 4.33. The van der Waals surface area contributed by atoms with Crippen LogP contribution < -0.4 is 5.55 Å². The van der Waals surface area contributed by atoms with Gasteiger partial charge in [0.15, 0.2) is 0 Å². The van der Waals surface area contributed by atoms with Crippen molar-refractivity contribution in [2.75, 3.05) is 0 Å². The first kappa shape index (κ1) is 18.2. The van der Waals surface area contributed by atoms with E-state index in [2.05, 4.69) is 4.99 Å². The third kappa shape index (κ3) is 3.37. The molecule has 1 aromatic heterocycles. The van der Waals surface area contributed by atoms with Crippen molar-refractivity contribution in [1.29, 1.82) is 0 Å². The number of hydrogen-bond donors (Lipinski definition) is 0. The quantitative estimate of drug-likeness (QED) is 0.489. The van der Waals surface area contributed by atoms with Crippen LogP contribution in [0, 0.1) is 13.8 Å². The predicted octanol–water partition coefficient (Wildman–Crippen LogP) is 5.11. The second kappa shape index (κ2) is 7.09. The summed E-state index contributed by atoms with van der Waals surface area (Å²) in [6.45, 7) is 4.01. The summed E-state index contributed by atoms with van der Waals surface area (Å²) >= 11 is 0. The highest BCUT2D eigenvalue weighted by Crippen LogP contribution is 2.23. The highest BCUT2D eigenvalue weighted by Gasteiger charge is 2.22. The molecule has 0 saturated carbocycles. The fourth-order valence-electron chi connectivity index (χ4n) is 2.96. The van der Waals surface area contributed by atoms with Gasteiger partial charge in [-0.3, -0.25) is 0 Å². The lowest BCUT2D eigenvalue weighted by molar-refractivity contribution is 0.517. The lowest BCUT2D eigenvalue weighted by Crippen LogP contribution is -2.15. The van der Waals surface area contributed by atoms with E-state index in [1.54, 1.807) is 42.5 Å². The molecule has 4 nitrogen and oxygen atoms in total. The van der Waals surface area contributed by atoms with Gasteiger partial charge in [-0.25, -0.2) is 13.4 Å². The van der Waals surface area contributed by atoms with Gasteiger partial charge in [-0.15, -0.1) is 0 Å². The third-order valence-corrected chi connectivity index (χ3v) is 6.45. The Bertz CT molecular complexity index is 1340. The zero-order valence-electron chi connectivity index (χ0n) is 15.6. The van der Waals surface area contributed by atoms with Gasteiger partial charge in [-0.1, -0.05) is 42.5 Å². The summed E-state index contributed by atoms with van der Waals surface area (Å²) in [5, 5.41) is 0.705. The van der Waals surface area contributed by atoms with Crippen LogP contribution >= 0.6 is 0 Å². The van der Waals surface area contributed by atoms with Gasteiger partial charge in [0.05, 0.1) is 10.6 Å². The van der Waals surface area contributed by atoms with Crippen molar-refractivity contribution in [3.8, 4) is 0 Å². The molecule has 0 amide bonds. The smallest absolute Gasteiger partial charge is 0.239 e. The summed E-state index contributed by atoms with van der Waals surface area (Å²) in [6, 6.07) is 23.0. The van der Waals surface area contributed by atoms with Gasteiger partial charge in [-0.05, 0) is 61.4 Å². The number of sulfone groups is 1. The topological polar surface area (TPSA) is 59.6 Å². The minimum Gasteiger partial charge on any atom is -0.437 e. The third-order valence-electron chi connectivity index (χ3n) is 4.69. The number of para-hydroxylation sites is 1. The Morgan fingerprint density at radius 3 is 2.25 bits per heavy atom. The van der Waals surface area contributed by atoms with Crippen LogP contribution in [0.2, 0.25) is 0 Å². The fraction of sp³-hybridized carbons (Fsp3) is 0.0870. The first-order chi connectivity index (χ1) is 13.4. The Labute approximate surface area is 163 Å². The molecule has 4 aromatic rings. The van der Waals surface area contributed by atoms with Crippen molar-refractivity contribution in [1.82, 2.24) is 0 Å². The molecule has 0 aliphatic heterocycles. The van der Waals surface area contributed by atoms with Crippen molar-refractivity contribution in [2.45, 2.75) is 23.6 Å². The van der Waals surface area contributed by atoms with Crippen molar-refractivity contribution in [2.24, 2.45) is 4.99 Å². The lowest BCUT2D eigenvalue weighted by Gasteiger charge is -2.07. The number of benzene rings is 3. The molecule has 4 rings (SSSR count). The maximum Gasteiger partial charge on any atom is 0.239 e. The minimum absolute atomic E-state index is 0.0515. The molecule has 0 aliphatic carbocycles. The van der Waals surface area contributed by atoms with E-state index in [1.165, 1.54) is 0 Å². The van der Waals surface area contributed by atoms with E-state index in [0.717, 1.165) is 11.1 Å². The second-order valence-electron chi connectivity index (χ2n) is 6.65. The maximum absolute atomic E-state index is 13.3. The second-order valence-corrected chi connectivity index (χ2v) is 8.57. The van der Waals surface area contributed by atoms with E-state index in [0.29, 0.717) is 16.7 Å². The van der Waals surface area contributed by atoms with Gasteiger partial charge < -0.3 is 4.42 Å². The molecular formula is C23H19NO3S. The SMILES string of the molecule is Cc1ccc(N=c2oc3ccccc3cc2S(=O)(=O)c2ccccc2)cc1C. The summed E-state index contributed by atoms with van der Waals surface area (Å²) in [7, 11) is -3.79. The normalized spacial score (nSPS) is 12.4. The number of rotatable bonds is 3. The summed E-state index contributed by atoms with van der Waals surface area (Å²) in [5.74, 6) is 0. The van der Waals surface area contributed by atoms with Gasteiger partial charge in [0.1, 0.15) is 10.5 Å². The van der Waals surface area contributed by atoms with Crippen LogP contribution in [0.25, 0.3) is 11.0 Å². The van der Waals surface area contributed by atoms with Gasteiger partial charge in [-0.2, -0.15) is 0 Å². The molecule has 0 N–H and O–H groups in total. The summed E-state index contributed by atoms with van der Waals surface area (Å²) in [6.07, 6.45) is 0. The van der Waals surface area contributed by atoms with Crippen LogP contribution in [0.4, 0.5) is 5.69 Å². The summed E-state index contributed by atoms with van der Waals surface area (Å²) in [4.78, 5) is 4.80. The Kier molecular flexibility index (Phi) is 4.61. The Morgan fingerprint density at radius 2 is 1.50 bits per heavy atom. The molecule has 0 radical (unpaired) electrons. The molecule has 0 bridgehead atoms. The largest absolute Gasteiger partial charge is 0.437 e. The molecule has 0 saturated heterocycles. The zero-order valence-corrected chi connectivity index (χ0v) is 16.4. The van der Waals surface area contributed by atoms with Crippen LogP contribution in [0.1, 0.15) is 11.1 Å². The van der Waals surface area contributed by atoms with Crippen molar-refractivity contribution in [3.63, 3.8) is 0 Å². The number of hydrogen-bond acceptors (Lipinski definition) is 4. The minimum atomic E-state index is -3.79. The Morgan fingerprint density at radius 1 is 0.786 bits per heavy atom. The van der Waals surface area contributed by atoms with E-state index in [9.17, 15) is 8.42 Å². The number of fused-ring (bicyclic) bond motifs is 1. The highest BCUT2D eigenvalue weighted by atomic mass is 32.2. The Hall–Kier alpha value is -3.18. The monoisotopic (exact) mass is 389 g/mol. The first-order valence-electron chi connectivity index (χ1n) is 8.90. The van der Waals surface area contributed by atoms with Gasteiger partial charge in [0.25, 0.3) is 0 Å². The van der Waals surface area contributed by atoms with Crippen LogP contribution in [0.5, 0.6) is 0 Å². The van der Waals surface area contributed by atoms with Crippen molar-refractivity contribution >= 4 is 26.5 Å². The standard InChI is InChI=1S/C23H19NO3S/c1-16-12-13-19(14-17(16)2)24-23-22(15-18-8-6-7-11-21(18)27-23)28(25,26)20-9-4-3-5-10-20/h3-15H,1-2H3. The molecule has 0 atom stereocenters. The van der Waals surface area contributed by atoms with Crippen molar-refractivity contribution < 1.29 is 12.8 Å². The average molecular weight is 389 g/mol. The molecule has 1 heterocycles. The van der Waals surface area contributed by atoms with Crippen LogP contribution in [-0.4, -0.2) is 8.42 Å². The van der Waals surface area contributed by atoms with E-state index in [1.807, 2.05) is 50.2 Å². The summed E-state index contributed by atoms with van der Waals surface area (Å²) < 4.78 is 32.5. The molecule has 28 heavy (non-hydrogen) atoms. The molecule has 0 spiro atoms. The lowest BCUT2D eigenvalue weighted by atomic mass is 10.1. The molecule has 0 aliphatic rings. The number of nitrogens with zero attached hydrogens (tertiary/aromatic N) is 1. The van der Waals surface area contributed by atoms with Gasteiger partial charge in [0.2, 0.25) is 15.4 Å². The van der Waals surface area contributed by atoms with Crippen LogP contribution in [0.3, 0.4) is 0 Å². The zero-order chi connectivity index (χ0) is 19.7. The predicted molar refractivity (Wildman–Crippen MR) is 109 cm³/mol. The van der Waals surface area contributed by atoms with E-state index in [-0.39, 0.29) is 15.3 Å². The van der Waals surface area contributed by atoms with Crippen LogP contribution in [-0.2, 0) is 9.84 Å². The average Bonchev–Trinajstić information content (AvgIpc) is 2.71. The molecule has 140 valence electrons. The Balaban J connectivity index is 2.03.